The molecule has 2 aromatic rings. The SMILES string of the molecule is CCCc1cc(N2CCCCC2C(C)O)nc(Nc2cccc(Cl)c2)n1. The van der Waals surface area contributed by atoms with Crippen LogP contribution in [0.1, 0.15) is 45.2 Å². The maximum atomic E-state index is 10.2. The van der Waals surface area contributed by atoms with Crippen LogP contribution >= 0.6 is 11.6 Å². The molecule has 1 aromatic heterocycles. The number of anilines is 3. The molecule has 1 aliphatic rings. The van der Waals surface area contributed by atoms with Gasteiger partial charge in [0.25, 0.3) is 0 Å². The number of piperidine rings is 1. The highest BCUT2D eigenvalue weighted by molar-refractivity contribution is 6.30. The highest BCUT2D eigenvalue weighted by Crippen LogP contribution is 2.28. The number of hydrogen-bond acceptors (Lipinski definition) is 5. The predicted octanol–water partition coefficient (Wildman–Crippen LogP) is 4.57. The summed E-state index contributed by atoms with van der Waals surface area (Å²) >= 11 is 6.08. The number of aliphatic hydroxyl groups excluding tert-OH is 1. The molecular formula is C20H27ClN4O. The molecule has 1 aliphatic heterocycles. The summed E-state index contributed by atoms with van der Waals surface area (Å²) in [6.07, 6.45) is 4.78. The summed E-state index contributed by atoms with van der Waals surface area (Å²) in [7, 11) is 0. The first-order valence-corrected chi connectivity index (χ1v) is 9.80. The van der Waals surface area contributed by atoms with Crippen LogP contribution in [0, 0.1) is 0 Å². The van der Waals surface area contributed by atoms with Crippen molar-refractivity contribution in [3.63, 3.8) is 0 Å². The van der Waals surface area contributed by atoms with Gasteiger partial charge in [0.2, 0.25) is 5.95 Å². The molecule has 2 heterocycles. The van der Waals surface area contributed by atoms with Crippen molar-refractivity contribution in [2.24, 2.45) is 0 Å². The van der Waals surface area contributed by atoms with Crippen LogP contribution < -0.4 is 10.2 Å². The number of benzene rings is 1. The van der Waals surface area contributed by atoms with Gasteiger partial charge >= 0.3 is 0 Å². The van der Waals surface area contributed by atoms with Crippen molar-refractivity contribution < 1.29 is 5.11 Å². The number of aromatic nitrogens is 2. The fourth-order valence-corrected chi connectivity index (χ4v) is 3.70. The smallest absolute Gasteiger partial charge is 0.229 e. The lowest BCUT2D eigenvalue weighted by molar-refractivity contribution is 0.145. The summed E-state index contributed by atoms with van der Waals surface area (Å²) in [5, 5.41) is 14.1. The summed E-state index contributed by atoms with van der Waals surface area (Å²) in [6.45, 7) is 4.92. The minimum Gasteiger partial charge on any atom is -0.391 e. The van der Waals surface area contributed by atoms with E-state index in [9.17, 15) is 5.11 Å². The molecule has 2 unspecified atom stereocenters. The molecule has 0 saturated carbocycles. The number of aliphatic hydroxyl groups is 1. The first-order chi connectivity index (χ1) is 12.6. The molecule has 0 radical (unpaired) electrons. The molecule has 1 aromatic carbocycles. The summed E-state index contributed by atoms with van der Waals surface area (Å²) in [5.41, 5.74) is 1.87. The van der Waals surface area contributed by atoms with E-state index in [0.29, 0.717) is 11.0 Å². The van der Waals surface area contributed by atoms with Crippen molar-refractivity contribution in [3.05, 3.63) is 41.0 Å². The number of nitrogens with one attached hydrogen (secondary N) is 1. The van der Waals surface area contributed by atoms with Gasteiger partial charge in [-0.1, -0.05) is 31.0 Å². The van der Waals surface area contributed by atoms with E-state index in [1.165, 1.54) is 0 Å². The quantitative estimate of drug-likeness (QED) is 0.775. The van der Waals surface area contributed by atoms with Crippen LogP contribution in [0.25, 0.3) is 0 Å². The van der Waals surface area contributed by atoms with Crippen LogP contribution in [0.3, 0.4) is 0 Å². The minimum atomic E-state index is -0.385. The Balaban J connectivity index is 1.92. The molecule has 3 rings (SSSR count). The van der Waals surface area contributed by atoms with E-state index in [4.69, 9.17) is 16.6 Å². The van der Waals surface area contributed by atoms with Gasteiger partial charge < -0.3 is 15.3 Å². The van der Waals surface area contributed by atoms with E-state index >= 15 is 0 Å². The minimum absolute atomic E-state index is 0.104. The van der Waals surface area contributed by atoms with Gasteiger partial charge in [0.15, 0.2) is 0 Å². The van der Waals surface area contributed by atoms with Crippen molar-refractivity contribution in [1.29, 1.82) is 0 Å². The number of aryl methyl sites for hydroxylation is 1. The second kappa shape index (κ2) is 8.69. The summed E-state index contributed by atoms with van der Waals surface area (Å²) in [5.74, 6) is 1.46. The van der Waals surface area contributed by atoms with Crippen LogP contribution in [-0.4, -0.2) is 33.8 Å². The van der Waals surface area contributed by atoms with Gasteiger partial charge in [-0.15, -0.1) is 0 Å². The molecule has 1 fully saturated rings. The Bertz CT molecular complexity index is 738. The van der Waals surface area contributed by atoms with Crippen LogP contribution in [0.15, 0.2) is 30.3 Å². The summed E-state index contributed by atoms with van der Waals surface area (Å²) in [6, 6.07) is 9.71. The highest BCUT2D eigenvalue weighted by atomic mass is 35.5. The number of nitrogens with zero attached hydrogens (tertiary/aromatic N) is 3. The Labute approximate surface area is 160 Å². The van der Waals surface area contributed by atoms with Crippen LogP contribution in [0.5, 0.6) is 0 Å². The van der Waals surface area contributed by atoms with Crippen molar-refractivity contribution in [2.75, 3.05) is 16.8 Å². The Morgan fingerprint density at radius 2 is 2.15 bits per heavy atom. The standard InChI is InChI=1S/C20H27ClN4O/c1-3-7-16-13-19(25-11-5-4-10-18(25)14(2)26)24-20(22-16)23-17-9-6-8-15(21)12-17/h6,8-9,12-14,18,26H,3-5,7,10-11H2,1-2H3,(H,22,23,24). The first kappa shape index (κ1) is 18.9. The van der Waals surface area contributed by atoms with Crippen molar-refractivity contribution >= 4 is 29.1 Å². The molecule has 0 aliphatic carbocycles. The molecule has 0 bridgehead atoms. The number of halogens is 1. The highest BCUT2D eigenvalue weighted by Gasteiger charge is 2.28. The second-order valence-electron chi connectivity index (χ2n) is 6.92. The van der Waals surface area contributed by atoms with Gasteiger partial charge in [0.05, 0.1) is 12.1 Å². The van der Waals surface area contributed by atoms with Crippen molar-refractivity contribution in [1.82, 2.24) is 9.97 Å². The largest absolute Gasteiger partial charge is 0.391 e. The average Bonchev–Trinajstić information content (AvgIpc) is 2.62. The summed E-state index contributed by atoms with van der Waals surface area (Å²) < 4.78 is 0. The third-order valence-corrected chi connectivity index (χ3v) is 4.99. The van der Waals surface area contributed by atoms with Crippen molar-refractivity contribution in [3.8, 4) is 0 Å². The zero-order valence-corrected chi connectivity index (χ0v) is 16.2. The third-order valence-electron chi connectivity index (χ3n) is 4.75. The maximum absolute atomic E-state index is 10.2. The molecule has 5 nitrogen and oxygen atoms in total. The van der Waals surface area contributed by atoms with Gasteiger partial charge in [-0.3, -0.25) is 0 Å². The topological polar surface area (TPSA) is 61.3 Å². The maximum Gasteiger partial charge on any atom is 0.229 e. The van der Waals surface area contributed by atoms with Gasteiger partial charge in [0, 0.05) is 29.0 Å². The van der Waals surface area contributed by atoms with Gasteiger partial charge in [0.1, 0.15) is 5.82 Å². The lowest BCUT2D eigenvalue weighted by Crippen LogP contribution is -2.46. The Morgan fingerprint density at radius 1 is 1.31 bits per heavy atom. The monoisotopic (exact) mass is 374 g/mol. The van der Waals surface area contributed by atoms with Crippen LogP contribution in [0.4, 0.5) is 17.5 Å². The van der Waals surface area contributed by atoms with E-state index in [0.717, 1.165) is 55.8 Å². The molecule has 0 spiro atoms. The number of rotatable bonds is 6. The average molecular weight is 375 g/mol. The van der Waals surface area contributed by atoms with E-state index in [1.54, 1.807) is 0 Å². The third kappa shape index (κ3) is 4.65. The Kier molecular flexibility index (Phi) is 6.33. The molecule has 2 atom stereocenters. The van der Waals surface area contributed by atoms with Gasteiger partial charge in [-0.25, -0.2) is 4.98 Å². The molecule has 6 heteroatoms. The van der Waals surface area contributed by atoms with Crippen molar-refractivity contribution in [2.45, 2.75) is 58.1 Å². The first-order valence-electron chi connectivity index (χ1n) is 9.42. The van der Waals surface area contributed by atoms with Gasteiger partial charge in [-0.05, 0) is 50.8 Å². The van der Waals surface area contributed by atoms with E-state index in [-0.39, 0.29) is 12.1 Å². The molecule has 1 saturated heterocycles. The Hall–Kier alpha value is -1.85. The summed E-state index contributed by atoms with van der Waals surface area (Å²) in [4.78, 5) is 11.6. The zero-order chi connectivity index (χ0) is 18.5. The van der Waals surface area contributed by atoms with Crippen LogP contribution in [-0.2, 0) is 6.42 Å². The fourth-order valence-electron chi connectivity index (χ4n) is 3.51. The second-order valence-corrected chi connectivity index (χ2v) is 7.36. The lowest BCUT2D eigenvalue weighted by atomic mass is 9.98. The van der Waals surface area contributed by atoms with E-state index in [1.807, 2.05) is 31.2 Å². The lowest BCUT2D eigenvalue weighted by Gasteiger charge is -2.38. The predicted molar refractivity (Wildman–Crippen MR) is 107 cm³/mol. The number of hydrogen-bond donors (Lipinski definition) is 2. The van der Waals surface area contributed by atoms with E-state index in [2.05, 4.69) is 28.2 Å². The zero-order valence-electron chi connectivity index (χ0n) is 15.5. The van der Waals surface area contributed by atoms with Crippen LogP contribution in [0.2, 0.25) is 5.02 Å². The molecule has 2 N–H and O–H groups in total. The van der Waals surface area contributed by atoms with Gasteiger partial charge in [-0.2, -0.15) is 4.98 Å². The Morgan fingerprint density at radius 3 is 2.88 bits per heavy atom. The molecule has 0 amide bonds. The molecular weight excluding hydrogens is 348 g/mol. The molecule has 26 heavy (non-hydrogen) atoms. The van der Waals surface area contributed by atoms with E-state index < -0.39 is 0 Å². The normalized spacial score (nSPS) is 18.6. The molecule has 140 valence electrons. The fraction of sp³-hybridized carbons (Fsp3) is 0.500.